The summed E-state index contributed by atoms with van der Waals surface area (Å²) in [4.78, 5) is 0. The monoisotopic (exact) mass is 692 g/mol. The smallest absolute Gasteiger partial charge is 0.306 e. The molecule has 0 aliphatic carbocycles. The van der Waals surface area contributed by atoms with Gasteiger partial charge in [0.05, 0.1) is 45.2 Å². The second kappa shape index (κ2) is 13.9. The maximum Gasteiger partial charge on any atom is 0.306 e. The van der Waals surface area contributed by atoms with E-state index in [4.69, 9.17) is 26.8 Å². The van der Waals surface area contributed by atoms with Crippen molar-refractivity contribution in [1.82, 2.24) is 0 Å². The Labute approximate surface area is 268 Å². The first-order chi connectivity index (χ1) is 21.6. The Morgan fingerprint density at radius 2 is 1.17 bits per heavy atom. The summed E-state index contributed by atoms with van der Waals surface area (Å²) in [6.45, 7) is 0.214. The molecule has 4 aromatic rings. The van der Waals surface area contributed by atoms with Gasteiger partial charge < -0.3 is 26.8 Å². The van der Waals surface area contributed by atoms with Crippen LogP contribution in [0.5, 0.6) is 34.5 Å². The Bertz CT molecular complexity index is 2020. The SMILES string of the molecule is COc1cc(-c2ccc(OS(C)(=O)=O)cc2)c(OC)c(OS(C)(=O)=O)c1-c1ccc(OCCc2ccccc2)c(OS(C)(=O)=O)c1. The third-order valence-corrected chi connectivity index (χ3v) is 7.68. The molecule has 0 aliphatic rings. The Hall–Kier alpha value is -4.47. The lowest BCUT2D eigenvalue weighted by atomic mass is 9.96. The molecule has 15 heteroatoms. The number of hydrogen-bond acceptors (Lipinski definition) is 12. The molecule has 0 atom stereocenters. The van der Waals surface area contributed by atoms with Gasteiger partial charge in [-0.3, -0.25) is 0 Å². The van der Waals surface area contributed by atoms with E-state index in [1.54, 1.807) is 24.3 Å². The van der Waals surface area contributed by atoms with E-state index in [2.05, 4.69) is 0 Å². The minimum absolute atomic E-state index is 0.00762. The average molecular weight is 693 g/mol. The van der Waals surface area contributed by atoms with E-state index in [1.807, 2.05) is 30.3 Å². The summed E-state index contributed by atoms with van der Waals surface area (Å²) < 4.78 is 105. The first-order valence-corrected chi connectivity index (χ1v) is 18.9. The predicted molar refractivity (Wildman–Crippen MR) is 172 cm³/mol. The Balaban J connectivity index is 1.86. The van der Waals surface area contributed by atoms with Crippen molar-refractivity contribution < 1.29 is 52.0 Å². The normalized spacial score (nSPS) is 11.8. The number of hydrogen-bond donors (Lipinski definition) is 0. The second-order valence-electron chi connectivity index (χ2n) is 10.00. The molecule has 0 saturated carbocycles. The van der Waals surface area contributed by atoms with Crippen LogP contribution in [0.4, 0.5) is 0 Å². The Kier molecular flexibility index (Phi) is 10.4. The first-order valence-electron chi connectivity index (χ1n) is 13.5. The van der Waals surface area contributed by atoms with Crippen molar-refractivity contribution in [3.8, 4) is 56.8 Å². The fraction of sp³-hybridized carbons (Fsp3) is 0.226. The van der Waals surface area contributed by atoms with E-state index in [1.165, 1.54) is 38.5 Å². The van der Waals surface area contributed by atoms with Crippen LogP contribution in [0, 0.1) is 0 Å². The van der Waals surface area contributed by atoms with Crippen LogP contribution in [0.15, 0.2) is 78.9 Å². The quantitative estimate of drug-likeness (QED) is 0.168. The minimum Gasteiger partial charge on any atom is -0.496 e. The molecule has 246 valence electrons. The van der Waals surface area contributed by atoms with Crippen LogP contribution in [0.1, 0.15) is 5.56 Å². The van der Waals surface area contributed by atoms with Gasteiger partial charge in [0, 0.05) is 12.0 Å². The number of benzene rings is 4. The topological polar surface area (TPSA) is 158 Å². The van der Waals surface area contributed by atoms with Crippen LogP contribution in [-0.2, 0) is 36.8 Å². The molecule has 0 spiro atoms. The van der Waals surface area contributed by atoms with Crippen molar-refractivity contribution in [2.24, 2.45) is 0 Å². The second-order valence-corrected chi connectivity index (χ2v) is 14.7. The molecule has 0 heterocycles. The van der Waals surface area contributed by atoms with E-state index in [-0.39, 0.29) is 52.2 Å². The molecule has 4 aromatic carbocycles. The molecular formula is C31H32O12S3. The van der Waals surface area contributed by atoms with Crippen LogP contribution in [0.25, 0.3) is 22.3 Å². The average Bonchev–Trinajstić information content (AvgIpc) is 2.96. The molecule has 0 fully saturated rings. The number of ether oxygens (including phenoxy) is 3. The maximum atomic E-state index is 12.5. The summed E-state index contributed by atoms with van der Waals surface area (Å²) in [7, 11) is -9.26. The highest BCUT2D eigenvalue weighted by Crippen LogP contribution is 2.51. The Morgan fingerprint density at radius 1 is 0.565 bits per heavy atom. The van der Waals surface area contributed by atoms with Gasteiger partial charge in [0.2, 0.25) is 0 Å². The van der Waals surface area contributed by atoms with Gasteiger partial charge in [0.25, 0.3) is 0 Å². The number of rotatable bonds is 14. The lowest BCUT2D eigenvalue weighted by Crippen LogP contribution is -2.10. The third kappa shape index (κ3) is 9.28. The fourth-order valence-corrected chi connectivity index (χ4v) is 5.88. The van der Waals surface area contributed by atoms with Gasteiger partial charge in [-0.25, -0.2) is 0 Å². The van der Waals surface area contributed by atoms with E-state index < -0.39 is 30.4 Å². The summed E-state index contributed by atoms with van der Waals surface area (Å²) in [5.74, 6) is -0.0786. The van der Waals surface area contributed by atoms with Crippen LogP contribution in [0.3, 0.4) is 0 Å². The highest BCUT2D eigenvalue weighted by Gasteiger charge is 2.27. The summed E-state index contributed by atoms with van der Waals surface area (Å²) >= 11 is 0. The lowest BCUT2D eigenvalue weighted by Gasteiger charge is -2.21. The largest absolute Gasteiger partial charge is 0.496 e. The van der Waals surface area contributed by atoms with Crippen molar-refractivity contribution in [3.05, 3.63) is 84.4 Å². The fourth-order valence-electron chi connectivity index (χ4n) is 4.50. The molecule has 0 amide bonds. The van der Waals surface area contributed by atoms with Crippen LogP contribution < -0.4 is 26.8 Å². The third-order valence-electron chi connectivity index (χ3n) is 6.24. The van der Waals surface area contributed by atoms with E-state index in [9.17, 15) is 25.3 Å². The molecule has 0 unspecified atom stereocenters. The highest BCUT2D eigenvalue weighted by atomic mass is 32.2. The van der Waals surface area contributed by atoms with Gasteiger partial charge in [-0.15, -0.1) is 0 Å². The van der Waals surface area contributed by atoms with Crippen molar-refractivity contribution in [2.75, 3.05) is 39.6 Å². The van der Waals surface area contributed by atoms with Crippen molar-refractivity contribution in [1.29, 1.82) is 0 Å². The summed E-state index contributed by atoms with van der Waals surface area (Å²) in [5.41, 5.74) is 2.19. The molecular weight excluding hydrogens is 661 g/mol. The summed E-state index contributed by atoms with van der Waals surface area (Å²) in [5, 5.41) is 0. The van der Waals surface area contributed by atoms with Crippen molar-refractivity contribution in [2.45, 2.75) is 6.42 Å². The predicted octanol–water partition coefficient (Wildman–Crippen LogP) is 4.67. The van der Waals surface area contributed by atoms with Crippen LogP contribution in [0.2, 0.25) is 0 Å². The molecule has 12 nitrogen and oxygen atoms in total. The molecule has 0 radical (unpaired) electrons. The van der Waals surface area contributed by atoms with Gasteiger partial charge in [0.15, 0.2) is 23.0 Å². The molecule has 46 heavy (non-hydrogen) atoms. The standard InChI is InChI=1S/C31H32O12S3/c1-38-28-20-25(22-11-14-24(15-12-22)41-44(3,32)33)30(39-2)31(43-46(5,36)37)29(28)23-13-16-26(27(19-23)42-45(4,34)35)40-18-17-21-9-7-6-8-10-21/h6-16,19-20H,17-18H2,1-5H3. The van der Waals surface area contributed by atoms with Gasteiger partial charge in [0.1, 0.15) is 11.5 Å². The molecule has 0 aromatic heterocycles. The molecule has 0 aliphatic heterocycles. The molecule has 0 N–H and O–H groups in total. The zero-order valence-electron chi connectivity index (χ0n) is 25.5. The highest BCUT2D eigenvalue weighted by molar-refractivity contribution is 7.86. The first kappa shape index (κ1) is 34.4. The van der Waals surface area contributed by atoms with Gasteiger partial charge in [-0.2, -0.15) is 25.3 Å². The van der Waals surface area contributed by atoms with E-state index in [0.717, 1.165) is 24.3 Å². The zero-order chi connectivity index (χ0) is 33.7. The van der Waals surface area contributed by atoms with E-state index >= 15 is 0 Å². The maximum absolute atomic E-state index is 12.5. The van der Waals surface area contributed by atoms with Gasteiger partial charge in [-0.05, 0) is 47.0 Å². The van der Waals surface area contributed by atoms with Crippen LogP contribution >= 0.6 is 0 Å². The van der Waals surface area contributed by atoms with Gasteiger partial charge >= 0.3 is 30.4 Å². The zero-order valence-corrected chi connectivity index (χ0v) is 28.0. The van der Waals surface area contributed by atoms with E-state index in [0.29, 0.717) is 17.5 Å². The summed E-state index contributed by atoms with van der Waals surface area (Å²) in [6, 6.07) is 21.5. The summed E-state index contributed by atoms with van der Waals surface area (Å²) in [6.07, 6.45) is 3.20. The molecule has 0 saturated heterocycles. The van der Waals surface area contributed by atoms with Crippen molar-refractivity contribution >= 4 is 30.4 Å². The number of methoxy groups -OCH3 is 2. The molecule has 0 bridgehead atoms. The van der Waals surface area contributed by atoms with Crippen LogP contribution in [-0.4, -0.2) is 64.8 Å². The molecule has 4 rings (SSSR count). The Morgan fingerprint density at radius 3 is 1.74 bits per heavy atom. The minimum atomic E-state index is -4.15. The van der Waals surface area contributed by atoms with Gasteiger partial charge in [-0.1, -0.05) is 48.5 Å². The lowest BCUT2D eigenvalue weighted by molar-refractivity contribution is 0.311. The van der Waals surface area contributed by atoms with Crippen molar-refractivity contribution in [3.63, 3.8) is 0 Å².